The van der Waals surface area contributed by atoms with Crippen LogP contribution in [0.1, 0.15) is 19.4 Å². The summed E-state index contributed by atoms with van der Waals surface area (Å²) in [6, 6.07) is 8.59. The van der Waals surface area contributed by atoms with E-state index in [9.17, 15) is 4.79 Å². The average Bonchev–Trinajstić information content (AvgIpc) is 2.38. The zero-order valence-electron chi connectivity index (χ0n) is 11.4. The molecule has 0 atom stereocenters. The zero-order chi connectivity index (χ0) is 14.5. The Morgan fingerprint density at radius 3 is 2.47 bits per heavy atom. The lowest BCUT2D eigenvalue weighted by atomic mass is 10.1. The Kier molecular flexibility index (Phi) is 4.90. The Morgan fingerprint density at radius 2 is 2.00 bits per heavy atom. The number of nitriles is 1. The smallest absolute Gasteiger partial charge is 0.265 e. The highest BCUT2D eigenvalue weighted by atomic mass is 16.5. The molecule has 0 aliphatic heterocycles. The quantitative estimate of drug-likeness (QED) is 0.864. The molecule has 0 saturated heterocycles. The lowest BCUT2D eigenvalue weighted by Gasteiger charge is -2.29. The van der Waals surface area contributed by atoms with Gasteiger partial charge in [0.15, 0.2) is 5.60 Å². The van der Waals surface area contributed by atoms with Crippen molar-refractivity contribution < 1.29 is 14.6 Å². The summed E-state index contributed by atoms with van der Waals surface area (Å²) in [6.45, 7) is 3.51. The van der Waals surface area contributed by atoms with Gasteiger partial charge in [-0.25, -0.2) is 0 Å². The minimum Gasteiger partial charge on any atom is -0.478 e. The minimum absolute atomic E-state index is 0.0881. The normalized spacial score (nSPS) is 10.7. The van der Waals surface area contributed by atoms with E-state index in [1.807, 2.05) is 6.07 Å². The fraction of sp³-hybridized carbons (Fsp3) is 0.429. The molecule has 102 valence electrons. The van der Waals surface area contributed by atoms with E-state index in [0.29, 0.717) is 11.3 Å². The standard InChI is InChI=1S/C14H18N2O3/c1-14(2,13(18)16(3)8-9-17)19-12-6-4-11(10-15)5-7-12/h4-7,17H,8-9H2,1-3H3. The number of aliphatic hydroxyl groups excluding tert-OH is 1. The third-order valence-electron chi connectivity index (χ3n) is 2.65. The second-order valence-corrected chi connectivity index (χ2v) is 4.70. The Hall–Kier alpha value is -2.06. The number of carbonyl (C=O) groups excluding carboxylic acids is 1. The van der Waals surface area contributed by atoms with Crippen molar-refractivity contribution in [2.45, 2.75) is 19.4 Å². The van der Waals surface area contributed by atoms with E-state index in [4.69, 9.17) is 15.1 Å². The molecule has 0 aliphatic rings. The summed E-state index contributed by atoms with van der Waals surface area (Å²) in [5.41, 5.74) is -0.494. The van der Waals surface area contributed by atoms with Crippen molar-refractivity contribution in [2.24, 2.45) is 0 Å². The van der Waals surface area contributed by atoms with Crippen LogP contribution < -0.4 is 4.74 Å². The van der Waals surface area contributed by atoms with E-state index in [1.54, 1.807) is 45.2 Å². The highest BCUT2D eigenvalue weighted by molar-refractivity contribution is 5.84. The van der Waals surface area contributed by atoms with E-state index < -0.39 is 5.60 Å². The van der Waals surface area contributed by atoms with Crippen LogP contribution in [0.5, 0.6) is 5.75 Å². The molecule has 1 aromatic carbocycles. The summed E-state index contributed by atoms with van der Waals surface area (Å²) >= 11 is 0. The topological polar surface area (TPSA) is 73.6 Å². The molecule has 0 heterocycles. The number of aliphatic hydroxyl groups is 1. The second kappa shape index (κ2) is 6.21. The highest BCUT2D eigenvalue weighted by Crippen LogP contribution is 2.20. The maximum atomic E-state index is 12.1. The summed E-state index contributed by atoms with van der Waals surface area (Å²) in [7, 11) is 1.61. The number of likely N-dealkylation sites (N-methyl/N-ethyl adjacent to an activating group) is 1. The van der Waals surface area contributed by atoms with Crippen molar-refractivity contribution in [3.63, 3.8) is 0 Å². The van der Waals surface area contributed by atoms with Gasteiger partial charge in [0.1, 0.15) is 5.75 Å². The van der Waals surface area contributed by atoms with Gasteiger partial charge in [-0.2, -0.15) is 5.26 Å². The van der Waals surface area contributed by atoms with Gasteiger partial charge < -0.3 is 14.7 Å². The Morgan fingerprint density at radius 1 is 1.42 bits per heavy atom. The molecule has 1 aromatic rings. The number of hydrogen-bond donors (Lipinski definition) is 1. The van der Waals surface area contributed by atoms with Gasteiger partial charge in [-0.15, -0.1) is 0 Å². The number of hydrogen-bond acceptors (Lipinski definition) is 4. The van der Waals surface area contributed by atoms with Gasteiger partial charge in [-0.1, -0.05) is 0 Å². The first-order chi connectivity index (χ1) is 8.90. The van der Waals surface area contributed by atoms with E-state index in [1.165, 1.54) is 4.90 Å². The molecule has 0 unspecified atom stereocenters. The van der Waals surface area contributed by atoms with E-state index in [0.717, 1.165) is 0 Å². The van der Waals surface area contributed by atoms with E-state index in [2.05, 4.69) is 0 Å². The summed E-state index contributed by atoms with van der Waals surface area (Å²) in [5, 5.41) is 17.5. The molecule has 1 N–H and O–H groups in total. The van der Waals surface area contributed by atoms with Crippen LogP contribution in [0.15, 0.2) is 24.3 Å². The van der Waals surface area contributed by atoms with Crippen LogP contribution in [0, 0.1) is 11.3 Å². The van der Waals surface area contributed by atoms with E-state index in [-0.39, 0.29) is 19.1 Å². The molecule has 0 radical (unpaired) electrons. The first-order valence-electron chi connectivity index (χ1n) is 5.96. The van der Waals surface area contributed by atoms with Crippen LogP contribution in [0.25, 0.3) is 0 Å². The number of ether oxygens (including phenoxy) is 1. The maximum absolute atomic E-state index is 12.1. The average molecular weight is 262 g/mol. The molecule has 5 heteroatoms. The van der Waals surface area contributed by atoms with Crippen molar-refractivity contribution in [1.29, 1.82) is 5.26 Å². The third kappa shape index (κ3) is 3.97. The Balaban J connectivity index is 2.77. The van der Waals surface area contributed by atoms with Gasteiger partial charge in [0.25, 0.3) is 5.91 Å². The maximum Gasteiger partial charge on any atom is 0.265 e. The van der Waals surface area contributed by atoms with Crippen molar-refractivity contribution in [1.82, 2.24) is 4.90 Å². The molecule has 0 fully saturated rings. The van der Waals surface area contributed by atoms with Gasteiger partial charge in [-0.05, 0) is 38.1 Å². The van der Waals surface area contributed by atoms with Gasteiger partial charge in [0.2, 0.25) is 0 Å². The summed E-state index contributed by atoms with van der Waals surface area (Å²) < 4.78 is 5.65. The van der Waals surface area contributed by atoms with Crippen molar-refractivity contribution >= 4 is 5.91 Å². The van der Waals surface area contributed by atoms with Crippen LogP contribution in [0.4, 0.5) is 0 Å². The number of rotatable bonds is 5. The summed E-state index contributed by atoms with van der Waals surface area (Å²) in [4.78, 5) is 13.5. The van der Waals surface area contributed by atoms with Crippen LogP contribution >= 0.6 is 0 Å². The largest absolute Gasteiger partial charge is 0.478 e. The Labute approximate surface area is 113 Å². The van der Waals surface area contributed by atoms with Gasteiger partial charge in [0.05, 0.1) is 18.2 Å². The lowest BCUT2D eigenvalue weighted by molar-refractivity contribution is -0.144. The number of benzene rings is 1. The SMILES string of the molecule is CN(CCO)C(=O)C(C)(C)Oc1ccc(C#N)cc1. The lowest BCUT2D eigenvalue weighted by Crippen LogP contribution is -2.48. The third-order valence-corrected chi connectivity index (χ3v) is 2.65. The molecule has 0 saturated carbocycles. The van der Waals surface area contributed by atoms with Gasteiger partial charge >= 0.3 is 0 Å². The van der Waals surface area contributed by atoms with Crippen molar-refractivity contribution in [2.75, 3.05) is 20.2 Å². The van der Waals surface area contributed by atoms with Gasteiger partial charge in [-0.3, -0.25) is 4.79 Å². The monoisotopic (exact) mass is 262 g/mol. The van der Waals surface area contributed by atoms with Gasteiger partial charge in [0, 0.05) is 13.6 Å². The fourth-order valence-corrected chi connectivity index (χ4v) is 1.65. The van der Waals surface area contributed by atoms with Crippen LogP contribution in [-0.2, 0) is 4.79 Å². The number of amides is 1. The molecule has 0 spiro atoms. The molecular formula is C14H18N2O3. The van der Waals surface area contributed by atoms with Crippen LogP contribution in [0.3, 0.4) is 0 Å². The van der Waals surface area contributed by atoms with Crippen molar-refractivity contribution in [3.05, 3.63) is 29.8 Å². The molecule has 1 amide bonds. The summed E-state index contributed by atoms with van der Waals surface area (Å²) in [5.74, 6) is 0.306. The second-order valence-electron chi connectivity index (χ2n) is 4.70. The molecule has 5 nitrogen and oxygen atoms in total. The highest BCUT2D eigenvalue weighted by Gasteiger charge is 2.32. The molecule has 0 aromatic heterocycles. The van der Waals surface area contributed by atoms with E-state index >= 15 is 0 Å². The number of nitrogens with zero attached hydrogens (tertiary/aromatic N) is 2. The molecule has 1 rings (SSSR count). The molecule has 0 bridgehead atoms. The van der Waals surface area contributed by atoms with Crippen molar-refractivity contribution in [3.8, 4) is 11.8 Å². The molecule has 0 aliphatic carbocycles. The first-order valence-corrected chi connectivity index (χ1v) is 5.96. The van der Waals surface area contributed by atoms with Crippen LogP contribution in [-0.4, -0.2) is 41.7 Å². The fourth-order valence-electron chi connectivity index (χ4n) is 1.65. The molecule has 19 heavy (non-hydrogen) atoms. The summed E-state index contributed by atoms with van der Waals surface area (Å²) in [6.07, 6.45) is 0. The Bertz CT molecular complexity index is 474. The predicted octanol–water partition coefficient (Wildman–Crippen LogP) is 1.17. The van der Waals surface area contributed by atoms with Crippen LogP contribution in [0.2, 0.25) is 0 Å². The first kappa shape index (κ1) is 15.0. The number of carbonyl (C=O) groups is 1. The predicted molar refractivity (Wildman–Crippen MR) is 70.6 cm³/mol. The zero-order valence-corrected chi connectivity index (χ0v) is 11.4. The molecular weight excluding hydrogens is 244 g/mol. The minimum atomic E-state index is -1.03.